The van der Waals surface area contributed by atoms with Gasteiger partial charge in [0.2, 0.25) is 5.91 Å². The highest BCUT2D eigenvalue weighted by molar-refractivity contribution is 6.82. The van der Waals surface area contributed by atoms with E-state index in [2.05, 4.69) is 30.0 Å². The summed E-state index contributed by atoms with van der Waals surface area (Å²) < 4.78 is 31.2. The number of benzene rings is 1. The Kier molecular flexibility index (Phi) is 6.31. The lowest BCUT2D eigenvalue weighted by Crippen LogP contribution is -2.55. The van der Waals surface area contributed by atoms with Crippen molar-refractivity contribution in [2.75, 3.05) is 13.1 Å². The molecule has 6 nitrogen and oxygen atoms in total. The number of rotatable bonds is 6. The molecule has 1 atom stereocenters. The Morgan fingerprint density at radius 2 is 1.79 bits per heavy atom. The van der Waals surface area contributed by atoms with E-state index >= 15 is 0 Å². The first kappa shape index (κ1) is 24.7. The van der Waals surface area contributed by atoms with Crippen LogP contribution in [0.4, 0.5) is 8.78 Å². The van der Waals surface area contributed by atoms with Gasteiger partial charge in [-0.3, -0.25) is 14.6 Å². The van der Waals surface area contributed by atoms with Crippen LogP contribution in [0, 0.1) is 0 Å². The standard InChI is InChI=1S/C25H33F2N3O3Si/c1-24(2)18-14-28-20(29-22(32)25(12-9-13-25)34(3,4)5)17(18)15-30(24)21(31)19(33-23(26)27)16-10-7-6-8-11-16/h6-8,10-11,19,23H,9,12-15H2,1-5H3,(H,28,29,32)/t19-/m1/s1. The number of hydrogen-bond donors (Lipinski definition) is 1. The molecule has 184 valence electrons. The molecule has 1 fully saturated rings. The molecular weight excluding hydrogens is 456 g/mol. The van der Waals surface area contributed by atoms with Crippen molar-refractivity contribution < 1.29 is 23.1 Å². The molecular formula is C25H33F2N3O3Si. The molecule has 4 rings (SSSR count). The van der Waals surface area contributed by atoms with Crippen molar-refractivity contribution >= 4 is 25.7 Å². The molecule has 2 aliphatic heterocycles. The van der Waals surface area contributed by atoms with Crippen LogP contribution in [-0.2, 0) is 14.3 Å². The molecule has 34 heavy (non-hydrogen) atoms. The van der Waals surface area contributed by atoms with Crippen molar-refractivity contribution in [1.29, 1.82) is 0 Å². The fourth-order valence-corrected chi connectivity index (χ4v) is 8.04. The molecule has 0 saturated heterocycles. The molecule has 2 heterocycles. The zero-order valence-corrected chi connectivity index (χ0v) is 21.5. The smallest absolute Gasteiger partial charge is 0.327 e. The average molecular weight is 490 g/mol. The lowest BCUT2D eigenvalue weighted by atomic mass is 9.83. The van der Waals surface area contributed by atoms with E-state index in [0.29, 0.717) is 17.9 Å². The number of halogens is 2. The third-order valence-corrected chi connectivity index (χ3v) is 11.5. The van der Waals surface area contributed by atoms with E-state index in [0.717, 1.165) is 30.4 Å². The van der Waals surface area contributed by atoms with E-state index < -0.39 is 32.2 Å². The van der Waals surface area contributed by atoms with Gasteiger partial charge in [-0.25, -0.2) is 0 Å². The monoisotopic (exact) mass is 489 g/mol. The molecule has 2 amide bonds. The first-order valence-corrected chi connectivity index (χ1v) is 15.3. The number of nitrogens with zero attached hydrogens (tertiary/aromatic N) is 2. The zero-order valence-electron chi connectivity index (χ0n) is 20.5. The van der Waals surface area contributed by atoms with Crippen LogP contribution >= 0.6 is 0 Å². The summed E-state index contributed by atoms with van der Waals surface area (Å²) >= 11 is 0. The van der Waals surface area contributed by atoms with Crippen molar-refractivity contribution in [3.63, 3.8) is 0 Å². The molecule has 0 bridgehead atoms. The SMILES string of the molecule is CC1(C)C2=C(CN1C(=O)[C@H](OC(F)F)c1ccccc1)C(NC(=O)C1([Si](C)(C)C)CCC1)=NC2. The fourth-order valence-electron chi connectivity index (χ4n) is 5.44. The van der Waals surface area contributed by atoms with Crippen molar-refractivity contribution in [1.82, 2.24) is 10.2 Å². The number of nitrogens with one attached hydrogen (secondary N) is 1. The minimum atomic E-state index is -3.09. The van der Waals surface area contributed by atoms with E-state index in [9.17, 15) is 18.4 Å². The number of hydrogen-bond acceptors (Lipinski definition) is 4. The van der Waals surface area contributed by atoms with Crippen molar-refractivity contribution in [2.24, 2.45) is 4.99 Å². The van der Waals surface area contributed by atoms with E-state index in [1.54, 1.807) is 35.2 Å². The molecule has 0 radical (unpaired) electrons. The molecule has 1 aliphatic carbocycles. The van der Waals surface area contributed by atoms with Gasteiger partial charge in [0, 0.05) is 10.6 Å². The molecule has 9 heteroatoms. The Morgan fingerprint density at radius 1 is 1.15 bits per heavy atom. The van der Waals surface area contributed by atoms with E-state index in [4.69, 9.17) is 4.74 Å². The molecule has 1 saturated carbocycles. The summed E-state index contributed by atoms with van der Waals surface area (Å²) in [5.74, 6) is 0.00396. The maximum atomic E-state index is 13.5. The summed E-state index contributed by atoms with van der Waals surface area (Å²) in [7, 11) is -1.76. The summed E-state index contributed by atoms with van der Waals surface area (Å²) in [6.07, 6.45) is 1.43. The second-order valence-electron chi connectivity index (χ2n) is 10.9. The Morgan fingerprint density at radius 3 is 2.32 bits per heavy atom. The van der Waals surface area contributed by atoms with Gasteiger partial charge in [-0.15, -0.1) is 0 Å². The fraction of sp³-hybridized carbons (Fsp3) is 0.560. The van der Waals surface area contributed by atoms with Crippen molar-refractivity contribution in [3.05, 3.63) is 47.0 Å². The second kappa shape index (κ2) is 8.68. The highest BCUT2D eigenvalue weighted by Gasteiger charge is 2.54. The Balaban J connectivity index is 1.56. The normalized spacial score (nSPS) is 21.8. The molecule has 1 N–H and O–H groups in total. The summed E-state index contributed by atoms with van der Waals surface area (Å²) in [4.78, 5) is 33.0. The molecule has 0 spiro atoms. The number of alkyl halides is 2. The number of carbonyl (C=O) groups is 2. The van der Waals surface area contributed by atoms with Crippen LogP contribution in [0.5, 0.6) is 0 Å². The largest absolute Gasteiger partial charge is 0.346 e. The van der Waals surface area contributed by atoms with Crippen LogP contribution in [0.1, 0.15) is 44.8 Å². The topological polar surface area (TPSA) is 71.0 Å². The van der Waals surface area contributed by atoms with Crippen LogP contribution in [0.3, 0.4) is 0 Å². The summed E-state index contributed by atoms with van der Waals surface area (Å²) in [6.45, 7) is 7.90. The predicted molar refractivity (Wildman–Crippen MR) is 129 cm³/mol. The van der Waals surface area contributed by atoms with E-state index in [1.807, 2.05) is 13.8 Å². The predicted octanol–water partition coefficient (Wildman–Crippen LogP) is 4.68. The number of aliphatic imine (C=N–C) groups is 1. The Hall–Kier alpha value is -2.39. The minimum Gasteiger partial charge on any atom is -0.327 e. The van der Waals surface area contributed by atoms with E-state index in [1.165, 1.54) is 0 Å². The molecule has 1 aromatic rings. The first-order valence-electron chi connectivity index (χ1n) is 11.8. The average Bonchev–Trinajstić information content (AvgIpc) is 3.22. The lowest BCUT2D eigenvalue weighted by molar-refractivity contribution is -0.185. The van der Waals surface area contributed by atoms with Gasteiger partial charge in [0.05, 0.1) is 26.7 Å². The quantitative estimate of drug-likeness (QED) is 0.590. The van der Waals surface area contributed by atoms with Crippen LogP contribution in [0.2, 0.25) is 24.7 Å². The van der Waals surface area contributed by atoms with Gasteiger partial charge >= 0.3 is 6.61 Å². The lowest BCUT2D eigenvalue weighted by Gasteiger charge is -2.49. The van der Waals surface area contributed by atoms with Gasteiger partial charge in [0.15, 0.2) is 6.10 Å². The van der Waals surface area contributed by atoms with Gasteiger partial charge in [-0.2, -0.15) is 8.78 Å². The van der Waals surface area contributed by atoms with Crippen molar-refractivity contribution in [3.8, 4) is 0 Å². The highest BCUT2D eigenvalue weighted by Crippen LogP contribution is 2.55. The molecule has 0 aromatic heterocycles. The summed E-state index contributed by atoms with van der Waals surface area (Å²) in [6, 6.07) is 8.34. The molecule has 1 aromatic carbocycles. The Labute approximate surface area is 200 Å². The van der Waals surface area contributed by atoms with Gasteiger partial charge in [-0.1, -0.05) is 56.4 Å². The summed E-state index contributed by atoms with van der Waals surface area (Å²) in [5.41, 5.74) is 1.37. The van der Waals surface area contributed by atoms with Crippen molar-refractivity contribution in [2.45, 2.75) is 76.0 Å². The minimum absolute atomic E-state index is 0.0243. The maximum Gasteiger partial charge on any atom is 0.346 e. The summed E-state index contributed by atoms with van der Waals surface area (Å²) in [5, 5.41) is 2.79. The molecule has 0 unspecified atom stereocenters. The Bertz CT molecular complexity index is 1040. The maximum absolute atomic E-state index is 13.5. The number of amides is 2. The highest BCUT2D eigenvalue weighted by atomic mass is 28.3. The van der Waals surface area contributed by atoms with Crippen LogP contribution in [0.25, 0.3) is 0 Å². The third-order valence-electron chi connectivity index (χ3n) is 7.92. The van der Waals surface area contributed by atoms with E-state index in [-0.39, 0.29) is 17.5 Å². The van der Waals surface area contributed by atoms with Gasteiger partial charge in [0.25, 0.3) is 5.91 Å². The van der Waals surface area contributed by atoms with Crippen LogP contribution in [-0.4, -0.2) is 55.9 Å². The zero-order chi connectivity index (χ0) is 24.9. The number of ether oxygens (including phenoxy) is 1. The number of amidine groups is 1. The third kappa shape index (κ3) is 4.02. The van der Waals surface area contributed by atoms with Crippen LogP contribution < -0.4 is 5.32 Å². The van der Waals surface area contributed by atoms with Gasteiger partial charge < -0.3 is 15.0 Å². The molecule has 3 aliphatic rings. The second-order valence-corrected chi connectivity index (χ2v) is 16.4. The van der Waals surface area contributed by atoms with Gasteiger partial charge in [-0.05, 0) is 37.8 Å². The van der Waals surface area contributed by atoms with Crippen LogP contribution in [0.15, 0.2) is 46.5 Å². The first-order chi connectivity index (χ1) is 15.9. The van der Waals surface area contributed by atoms with Gasteiger partial charge in [0.1, 0.15) is 5.84 Å². The number of carbonyl (C=O) groups excluding carboxylic acids is 2.